The van der Waals surface area contributed by atoms with E-state index >= 15 is 0 Å². The highest BCUT2D eigenvalue weighted by atomic mass is 15.2. The van der Waals surface area contributed by atoms with Crippen molar-refractivity contribution in [3.8, 4) is 39.1 Å². The molecule has 0 N–H and O–H groups in total. The van der Waals surface area contributed by atoms with Crippen molar-refractivity contribution in [1.29, 1.82) is 0 Å². The molecule has 0 fully saturated rings. The van der Waals surface area contributed by atoms with Gasteiger partial charge < -0.3 is 14.4 Å². The number of hydrogen-bond donors (Lipinski definition) is 0. The van der Waals surface area contributed by atoms with Crippen LogP contribution >= 0.6 is 0 Å². The molecule has 3 nitrogen and oxygen atoms in total. The Morgan fingerprint density at radius 2 is 0.750 bits per heavy atom. The zero-order valence-corrected chi connectivity index (χ0v) is 44.5. The first-order valence-electron chi connectivity index (χ1n) is 27.8. The summed E-state index contributed by atoms with van der Waals surface area (Å²) < 4.78 is 2.51. The predicted octanol–water partition coefficient (Wildman–Crippen LogP) is 21.4. The number of fused-ring (bicyclic) bond motifs is 8. The number of aromatic nitrogens is 1. The smallest absolute Gasteiger partial charge is 0.0553 e. The number of hydrogen-bond acceptors (Lipinski definition) is 2. The fraction of sp³-hybridized carbons (Fsp3) is 0.0390. The molecule has 80 heavy (non-hydrogen) atoms. The molecule has 0 saturated heterocycles. The van der Waals surface area contributed by atoms with Crippen LogP contribution in [0.5, 0.6) is 0 Å². The van der Waals surface area contributed by atoms with Crippen LogP contribution in [0.3, 0.4) is 0 Å². The molecule has 1 heterocycles. The van der Waals surface area contributed by atoms with E-state index in [0.717, 1.165) is 39.8 Å². The minimum absolute atomic E-state index is 0.282. The Kier molecular flexibility index (Phi) is 10.3. The molecule has 16 rings (SSSR count). The molecule has 1 aliphatic carbocycles. The molecule has 0 aliphatic heterocycles. The Hall–Kier alpha value is -10.2. The van der Waals surface area contributed by atoms with Crippen molar-refractivity contribution >= 4 is 99.0 Å². The summed E-state index contributed by atoms with van der Waals surface area (Å²) in [6.07, 6.45) is 0. The van der Waals surface area contributed by atoms with E-state index < -0.39 is 0 Å². The van der Waals surface area contributed by atoms with Gasteiger partial charge in [-0.1, -0.05) is 196 Å². The van der Waals surface area contributed by atoms with Crippen molar-refractivity contribution in [3.63, 3.8) is 0 Å². The van der Waals surface area contributed by atoms with Gasteiger partial charge >= 0.3 is 0 Å². The molecule has 0 saturated carbocycles. The molecule has 15 aromatic rings. The van der Waals surface area contributed by atoms with E-state index in [2.05, 4.69) is 313 Å². The molecular weight excluding hydrogens is 967 g/mol. The average Bonchev–Trinajstić information content (AvgIpc) is 4.10. The third kappa shape index (κ3) is 7.21. The van der Waals surface area contributed by atoms with Crippen LogP contribution in [0.15, 0.2) is 285 Å². The van der Waals surface area contributed by atoms with Gasteiger partial charge in [0.15, 0.2) is 0 Å². The lowest BCUT2D eigenvalue weighted by Crippen LogP contribution is -2.17. The maximum Gasteiger partial charge on any atom is 0.0553 e. The molecule has 376 valence electrons. The van der Waals surface area contributed by atoms with Gasteiger partial charge in [-0.25, -0.2) is 0 Å². The second-order valence-electron chi connectivity index (χ2n) is 22.1. The topological polar surface area (TPSA) is 11.4 Å². The second-order valence-corrected chi connectivity index (χ2v) is 22.1. The molecule has 0 atom stereocenters. The maximum absolute atomic E-state index is 2.51. The van der Waals surface area contributed by atoms with Crippen LogP contribution in [-0.2, 0) is 5.41 Å². The van der Waals surface area contributed by atoms with E-state index in [1.807, 2.05) is 0 Å². The fourth-order valence-corrected chi connectivity index (χ4v) is 13.4. The van der Waals surface area contributed by atoms with Crippen LogP contribution in [0.25, 0.3) is 104 Å². The van der Waals surface area contributed by atoms with Crippen molar-refractivity contribution in [3.05, 3.63) is 296 Å². The molecule has 0 radical (unpaired) electrons. The van der Waals surface area contributed by atoms with Crippen LogP contribution in [0.1, 0.15) is 25.0 Å². The molecule has 0 amide bonds. The first-order valence-corrected chi connectivity index (χ1v) is 27.8. The third-order valence-corrected chi connectivity index (χ3v) is 17.2. The van der Waals surface area contributed by atoms with Gasteiger partial charge in [0.2, 0.25) is 0 Å². The van der Waals surface area contributed by atoms with E-state index in [4.69, 9.17) is 0 Å². The summed E-state index contributed by atoms with van der Waals surface area (Å²) >= 11 is 0. The van der Waals surface area contributed by atoms with Gasteiger partial charge in [-0.2, -0.15) is 0 Å². The van der Waals surface area contributed by atoms with Crippen molar-refractivity contribution < 1.29 is 0 Å². The number of rotatable bonds is 9. The monoisotopic (exact) mass is 1020 g/mol. The Labute approximate surface area is 465 Å². The third-order valence-electron chi connectivity index (χ3n) is 17.2. The van der Waals surface area contributed by atoms with Gasteiger partial charge in [-0.15, -0.1) is 0 Å². The minimum atomic E-state index is -0.282. The predicted molar refractivity (Wildman–Crippen MR) is 340 cm³/mol. The first-order chi connectivity index (χ1) is 39.4. The van der Waals surface area contributed by atoms with Crippen LogP contribution in [0.4, 0.5) is 34.1 Å². The highest BCUT2D eigenvalue weighted by Gasteiger charge is 2.36. The Bertz CT molecular complexity index is 4830. The summed E-state index contributed by atoms with van der Waals surface area (Å²) in [5, 5.41) is 12.8. The molecule has 0 unspecified atom stereocenters. The van der Waals surface area contributed by atoms with E-state index in [1.54, 1.807) is 0 Å². The second kappa shape index (κ2) is 17.9. The summed E-state index contributed by atoms with van der Waals surface area (Å²) in [5.41, 5.74) is 20.0. The van der Waals surface area contributed by atoms with E-state index in [-0.39, 0.29) is 5.41 Å². The van der Waals surface area contributed by atoms with E-state index in [1.165, 1.54) is 109 Å². The van der Waals surface area contributed by atoms with Crippen molar-refractivity contribution in [2.45, 2.75) is 19.3 Å². The zero-order chi connectivity index (χ0) is 53.1. The van der Waals surface area contributed by atoms with Crippen LogP contribution in [0, 0.1) is 0 Å². The first kappa shape index (κ1) is 45.9. The quantitative estimate of drug-likeness (QED) is 0.134. The minimum Gasteiger partial charge on any atom is -0.311 e. The van der Waals surface area contributed by atoms with Crippen LogP contribution in [0.2, 0.25) is 0 Å². The lowest BCUT2D eigenvalue weighted by molar-refractivity contribution is 0.660. The number of para-hydroxylation sites is 2. The van der Waals surface area contributed by atoms with Crippen LogP contribution in [-0.4, -0.2) is 4.57 Å². The summed E-state index contributed by atoms with van der Waals surface area (Å²) in [6, 6.07) is 105. The molecule has 14 aromatic carbocycles. The molecular formula is C77H53N3. The molecule has 3 heteroatoms. The summed E-state index contributed by atoms with van der Waals surface area (Å²) in [4.78, 5) is 4.73. The SMILES string of the molecule is CC1(C)c2cc(-c3ccc4c5c6ccc7cccc8ccc(cc5n(-c5ccc9ccccc9c5)c4c3)c6c87)ccc2-c2ccc(N(c3ccc(-c4ccccc4)cc3)c3ccc(N(c4ccccc4)c4ccccc4)cc3)cc21. The molecule has 0 spiro atoms. The van der Waals surface area contributed by atoms with Gasteiger partial charge in [-0.05, 0) is 191 Å². The maximum atomic E-state index is 2.51. The summed E-state index contributed by atoms with van der Waals surface area (Å²) in [6.45, 7) is 4.81. The highest BCUT2D eigenvalue weighted by Crippen LogP contribution is 2.53. The molecule has 1 aromatic heterocycles. The lowest BCUT2D eigenvalue weighted by Gasteiger charge is -2.29. The number of benzene rings is 14. The van der Waals surface area contributed by atoms with E-state index in [9.17, 15) is 0 Å². The van der Waals surface area contributed by atoms with Crippen LogP contribution < -0.4 is 9.80 Å². The normalized spacial score (nSPS) is 12.7. The zero-order valence-electron chi connectivity index (χ0n) is 44.5. The van der Waals surface area contributed by atoms with Gasteiger partial charge in [0, 0.05) is 56.0 Å². The standard InChI is InChI=1S/C77H53N3/c1-77(2)70-46-56(57-32-42-68-72(47-57)80(64-35-29-51-17-12-13-18-55(51)45-64)73-48-58-26-25-53-19-14-20-54-30-43-69(76(68)73)75(58)74(53)54)31-41-66(70)67-44-40-65(49-71(67)77)79(61-33-27-52(28-34-61)50-15-6-3-7-16-50)63-38-36-62(37-39-63)78(59-21-8-4-9-22-59)60-23-10-5-11-24-60/h3-49H,1-2H3. The van der Waals surface area contributed by atoms with Gasteiger partial charge in [0.1, 0.15) is 0 Å². The van der Waals surface area contributed by atoms with Crippen molar-refractivity contribution in [1.82, 2.24) is 4.57 Å². The molecule has 0 bridgehead atoms. The Morgan fingerprint density at radius 1 is 0.275 bits per heavy atom. The number of anilines is 6. The molecule has 1 aliphatic rings. The van der Waals surface area contributed by atoms with Crippen molar-refractivity contribution in [2.24, 2.45) is 0 Å². The van der Waals surface area contributed by atoms with Gasteiger partial charge in [0.25, 0.3) is 0 Å². The Morgan fingerprint density at radius 3 is 1.45 bits per heavy atom. The van der Waals surface area contributed by atoms with Crippen molar-refractivity contribution in [2.75, 3.05) is 9.80 Å². The average molecular weight is 1020 g/mol. The summed E-state index contributed by atoms with van der Waals surface area (Å²) in [5.74, 6) is 0. The fourth-order valence-electron chi connectivity index (χ4n) is 13.4. The largest absolute Gasteiger partial charge is 0.311 e. The highest BCUT2D eigenvalue weighted by molar-refractivity contribution is 6.33. The summed E-state index contributed by atoms with van der Waals surface area (Å²) in [7, 11) is 0. The Balaban J connectivity index is 0.811. The number of nitrogens with zero attached hydrogens (tertiary/aromatic N) is 3. The van der Waals surface area contributed by atoms with Gasteiger partial charge in [-0.3, -0.25) is 0 Å². The van der Waals surface area contributed by atoms with Gasteiger partial charge in [0.05, 0.1) is 11.0 Å². The lowest BCUT2D eigenvalue weighted by atomic mass is 9.81. The van der Waals surface area contributed by atoms with E-state index in [0.29, 0.717) is 0 Å².